The summed E-state index contributed by atoms with van der Waals surface area (Å²) in [4.78, 5) is 17.3. The van der Waals surface area contributed by atoms with Crippen LogP contribution in [0.2, 0.25) is 0 Å². The number of nitrogens with zero attached hydrogens (tertiary/aromatic N) is 5. The summed E-state index contributed by atoms with van der Waals surface area (Å²) in [5.74, 6) is 1.92. The van der Waals surface area contributed by atoms with Crippen molar-refractivity contribution in [1.29, 1.82) is 0 Å². The van der Waals surface area contributed by atoms with E-state index in [-0.39, 0.29) is 0 Å². The van der Waals surface area contributed by atoms with E-state index in [4.69, 9.17) is 4.98 Å². The van der Waals surface area contributed by atoms with E-state index >= 15 is 0 Å². The number of likely N-dealkylation sites (tertiary alicyclic amines) is 2. The Morgan fingerprint density at radius 2 is 1.70 bits per heavy atom. The first-order valence-corrected chi connectivity index (χ1v) is 12.6. The Morgan fingerprint density at radius 3 is 2.47 bits per heavy atom. The highest BCUT2D eigenvalue weighted by Crippen LogP contribution is 2.23. The molecule has 1 N–H and O–H groups in total. The zero-order chi connectivity index (χ0) is 20.6. The first-order chi connectivity index (χ1) is 14.8. The van der Waals surface area contributed by atoms with Crippen molar-refractivity contribution < 1.29 is 0 Å². The predicted octanol–water partition coefficient (Wildman–Crippen LogP) is 4.00. The molecule has 6 nitrogen and oxygen atoms in total. The highest BCUT2D eigenvalue weighted by Gasteiger charge is 2.28. The van der Waals surface area contributed by atoms with Crippen LogP contribution in [0.15, 0.2) is 12.3 Å². The molecule has 3 aliphatic heterocycles. The van der Waals surface area contributed by atoms with Gasteiger partial charge < -0.3 is 15.1 Å². The van der Waals surface area contributed by atoms with Gasteiger partial charge >= 0.3 is 0 Å². The van der Waals surface area contributed by atoms with Gasteiger partial charge in [0, 0.05) is 37.9 Å². The maximum atomic E-state index is 4.91. The van der Waals surface area contributed by atoms with Gasteiger partial charge in [-0.25, -0.2) is 4.98 Å². The van der Waals surface area contributed by atoms with Gasteiger partial charge in [0.2, 0.25) is 5.95 Å². The Bertz CT molecular complexity index is 622. The molecule has 168 valence electrons. The van der Waals surface area contributed by atoms with Crippen LogP contribution in [-0.4, -0.2) is 77.7 Å². The van der Waals surface area contributed by atoms with Crippen LogP contribution >= 0.6 is 0 Å². The molecule has 3 saturated heterocycles. The molecule has 0 aliphatic carbocycles. The van der Waals surface area contributed by atoms with Crippen LogP contribution in [0.1, 0.15) is 71.1 Å². The molecule has 0 spiro atoms. The normalized spacial score (nSPS) is 25.6. The van der Waals surface area contributed by atoms with E-state index in [9.17, 15) is 0 Å². The van der Waals surface area contributed by atoms with Gasteiger partial charge in [0.1, 0.15) is 5.82 Å². The average Bonchev–Trinajstić information content (AvgIpc) is 3.18. The van der Waals surface area contributed by atoms with Gasteiger partial charge in [-0.15, -0.1) is 0 Å². The summed E-state index contributed by atoms with van der Waals surface area (Å²) in [7, 11) is 0. The van der Waals surface area contributed by atoms with E-state index < -0.39 is 0 Å². The van der Waals surface area contributed by atoms with E-state index in [1.807, 2.05) is 6.20 Å². The van der Waals surface area contributed by atoms with Gasteiger partial charge in [0.25, 0.3) is 0 Å². The summed E-state index contributed by atoms with van der Waals surface area (Å²) in [6, 6.07) is 3.30. The fourth-order valence-corrected chi connectivity index (χ4v) is 5.52. The van der Waals surface area contributed by atoms with E-state index in [1.54, 1.807) is 0 Å². The maximum Gasteiger partial charge on any atom is 0.224 e. The fraction of sp³-hybridized carbons (Fsp3) is 0.833. The van der Waals surface area contributed by atoms with E-state index in [2.05, 4.69) is 38.0 Å². The van der Waals surface area contributed by atoms with Crippen LogP contribution in [0.5, 0.6) is 0 Å². The molecule has 0 bridgehead atoms. The number of aromatic nitrogens is 2. The third kappa shape index (κ3) is 6.07. The molecule has 0 aromatic carbocycles. The third-order valence-corrected chi connectivity index (χ3v) is 7.22. The number of anilines is 2. The molecule has 1 aromatic heterocycles. The molecule has 0 amide bonds. The van der Waals surface area contributed by atoms with Crippen molar-refractivity contribution in [2.45, 2.75) is 83.2 Å². The third-order valence-electron chi connectivity index (χ3n) is 7.22. The van der Waals surface area contributed by atoms with Crippen molar-refractivity contribution >= 4 is 11.8 Å². The SMILES string of the molecule is CCCN1CCC(N2CCCCC(Nc3nccc(N4CCCCCC4)n3)C2)CC1. The number of piperidine rings is 1. The zero-order valence-electron chi connectivity index (χ0n) is 19.1. The molecule has 6 heteroatoms. The van der Waals surface area contributed by atoms with Gasteiger partial charge in [-0.3, -0.25) is 4.90 Å². The van der Waals surface area contributed by atoms with Crippen molar-refractivity contribution in [3.8, 4) is 0 Å². The van der Waals surface area contributed by atoms with Gasteiger partial charge in [-0.05, 0) is 77.2 Å². The summed E-state index contributed by atoms with van der Waals surface area (Å²) < 4.78 is 0. The second-order valence-electron chi connectivity index (χ2n) is 9.54. The lowest BCUT2D eigenvalue weighted by atomic mass is 10.0. The molecule has 30 heavy (non-hydrogen) atoms. The number of hydrogen-bond donors (Lipinski definition) is 1. The maximum absolute atomic E-state index is 4.91. The highest BCUT2D eigenvalue weighted by molar-refractivity contribution is 5.43. The largest absolute Gasteiger partial charge is 0.356 e. The van der Waals surface area contributed by atoms with Crippen molar-refractivity contribution in [3.63, 3.8) is 0 Å². The monoisotopic (exact) mass is 414 g/mol. The lowest BCUT2D eigenvalue weighted by molar-refractivity contribution is 0.109. The van der Waals surface area contributed by atoms with Crippen molar-refractivity contribution in [2.75, 3.05) is 56.0 Å². The molecule has 1 atom stereocenters. The molecule has 4 rings (SSSR count). The standard InChI is InChI=1S/C24H42N6/c1-2-14-28-18-11-22(12-19-28)30-17-8-5-9-21(20-30)26-24-25-13-10-23(27-24)29-15-6-3-4-7-16-29/h10,13,21-22H,2-9,11-12,14-20H2,1H3,(H,25,26,27). The van der Waals surface area contributed by atoms with Crippen LogP contribution in [-0.2, 0) is 0 Å². The van der Waals surface area contributed by atoms with Crippen molar-refractivity contribution in [1.82, 2.24) is 19.8 Å². The summed E-state index contributed by atoms with van der Waals surface area (Å²) in [5.41, 5.74) is 0. The first kappa shape index (κ1) is 21.8. The fourth-order valence-electron chi connectivity index (χ4n) is 5.52. The van der Waals surface area contributed by atoms with E-state index in [1.165, 1.54) is 90.4 Å². The Labute approximate surface area is 183 Å². The van der Waals surface area contributed by atoms with E-state index in [0.717, 1.165) is 37.4 Å². The Balaban J connectivity index is 1.34. The van der Waals surface area contributed by atoms with Crippen molar-refractivity contribution in [3.05, 3.63) is 12.3 Å². The Hall–Kier alpha value is -1.40. The number of rotatable bonds is 6. The predicted molar refractivity (Wildman–Crippen MR) is 125 cm³/mol. The van der Waals surface area contributed by atoms with Crippen molar-refractivity contribution in [2.24, 2.45) is 0 Å². The molecule has 0 saturated carbocycles. The van der Waals surface area contributed by atoms with Crippen LogP contribution < -0.4 is 10.2 Å². The Morgan fingerprint density at radius 1 is 0.933 bits per heavy atom. The molecule has 1 aromatic rings. The molecule has 4 heterocycles. The summed E-state index contributed by atoms with van der Waals surface area (Å²) in [6.45, 7) is 10.8. The van der Waals surface area contributed by atoms with Crippen LogP contribution in [0.25, 0.3) is 0 Å². The molecule has 3 fully saturated rings. The lowest BCUT2D eigenvalue weighted by Gasteiger charge is -2.39. The lowest BCUT2D eigenvalue weighted by Crippen LogP contribution is -2.48. The minimum atomic E-state index is 0.459. The molecule has 3 aliphatic rings. The van der Waals surface area contributed by atoms with Gasteiger partial charge in [0.15, 0.2) is 0 Å². The Kier molecular flexibility index (Phi) is 8.21. The average molecular weight is 415 g/mol. The molecular formula is C24H42N6. The second kappa shape index (κ2) is 11.3. The number of nitrogens with one attached hydrogen (secondary N) is 1. The van der Waals surface area contributed by atoms with Crippen LogP contribution in [0.4, 0.5) is 11.8 Å². The minimum Gasteiger partial charge on any atom is -0.356 e. The quantitative estimate of drug-likeness (QED) is 0.759. The van der Waals surface area contributed by atoms with Crippen LogP contribution in [0, 0.1) is 0 Å². The minimum absolute atomic E-state index is 0.459. The summed E-state index contributed by atoms with van der Waals surface area (Å²) in [5, 5.41) is 3.71. The summed E-state index contributed by atoms with van der Waals surface area (Å²) in [6.07, 6.45) is 15.0. The van der Waals surface area contributed by atoms with Gasteiger partial charge in [-0.1, -0.05) is 26.2 Å². The van der Waals surface area contributed by atoms with Crippen LogP contribution in [0.3, 0.4) is 0 Å². The van der Waals surface area contributed by atoms with Gasteiger partial charge in [0.05, 0.1) is 0 Å². The molecule has 1 unspecified atom stereocenters. The topological polar surface area (TPSA) is 47.5 Å². The first-order valence-electron chi connectivity index (χ1n) is 12.6. The molecular weight excluding hydrogens is 372 g/mol. The van der Waals surface area contributed by atoms with E-state index in [0.29, 0.717) is 6.04 Å². The molecule has 0 radical (unpaired) electrons. The summed E-state index contributed by atoms with van der Waals surface area (Å²) >= 11 is 0. The zero-order valence-corrected chi connectivity index (χ0v) is 19.1. The smallest absolute Gasteiger partial charge is 0.224 e. The van der Waals surface area contributed by atoms with Gasteiger partial charge in [-0.2, -0.15) is 4.98 Å². The highest BCUT2D eigenvalue weighted by atomic mass is 15.3. The second-order valence-corrected chi connectivity index (χ2v) is 9.54. The number of hydrogen-bond acceptors (Lipinski definition) is 6.